The van der Waals surface area contributed by atoms with E-state index in [1.54, 1.807) is 35.7 Å². The smallest absolute Gasteiger partial charge is 0.336 e. The van der Waals surface area contributed by atoms with Crippen molar-refractivity contribution in [1.82, 2.24) is 0 Å². The molecule has 1 heterocycles. The molecule has 4 nitrogen and oxygen atoms in total. The molecule has 0 bridgehead atoms. The molecular weight excluding hydrogens is 238 g/mol. The van der Waals surface area contributed by atoms with E-state index in [9.17, 15) is 4.79 Å². The molecule has 0 aliphatic rings. The van der Waals surface area contributed by atoms with Crippen molar-refractivity contribution in [2.45, 2.75) is 6.54 Å². The van der Waals surface area contributed by atoms with Crippen molar-refractivity contribution in [1.29, 1.82) is 0 Å². The molecule has 0 aliphatic carbocycles. The van der Waals surface area contributed by atoms with Gasteiger partial charge in [0.1, 0.15) is 5.75 Å². The molecule has 0 spiro atoms. The normalized spacial score (nSPS) is 10.1. The van der Waals surface area contributed by atoms with Gasteiger partial charge >= 0.3 is 5.97 Å². The van der Waals surface area contributed by atoms with Gasteiger partial charge in [-0.2, -0.15) is 0 Å². The molecule has 0 saturated heterocycles. The van der Waals surface area contributed by atoms with Gasteiger partial charge in [0, 0.05) is 22.5 Å². The molecule has 0 saturated carbocycles. The van der Waals surface area contributed by atoms with Crippen molar-refractivity contribution in [2.24, 2.45) is 0 Å². The van der Waals surface area contributed by atoms with E-state index in [0.29, 0.717) is 12.1 Å². The minimum absolute atomic E-state index is 0.222. The summed E-state index contributed by atoms with van der Waals surface area (Å²) in [5.41, 5.74) is 1.20. The zero-order valence-electron chi connectivity index (χ0n) is 8.88. The van der Waals surface area contributed by atoms with Gasteiger partial charge in [0.25, 0.3) is 0 Å². The number of rotatable bonds is 4. The molecule has 1 aromatic carbocycles. The molecule has 0 unspecified atom stereocenters. The highest BCUT2D eigenvalue weighted by Crippen LogP contribution is 2.18. The summed E-state index contributed by atoms with van der Waals surface area (Å²) in [4.78, 5) is 11.6. The van der Waals surface area contributed by atoms with Crippen LogP contribution in [-0.2, 0) is 6.54 Å². The van der Waals surface area contributed by atoms with Crippen LogP contribution in [0, 0.1) is 0 Å². The molecule has 88 valence electrons. The fraction of sp³-hybridized carbons (Fsp3) is 0.0833. The quantitative estimate of drug-likeness (QED) is 0.729. The molecule has 5 heteroatoms. The highest BCUT2D eigenvalue weighted by molar-refractivity contribution is 7.10. The number of aromatic hydroxyl groups is 1. The lowest BCUT2D eigenvalue weighted by atomic mass is 10.3. The highest BCUT2D eigenvalue weighted by Gasteiger charge is 2.05. The van der Waals surface area contributed by atoms with Gasteiger partial charge in [-0.1, -0.05) is 0 Å². The fourth-order valence-electron chi connectivity index (χ4n) is 1.35. The van der Waals surface area contributed by atoms with Crippen LogP contribution in [0.2, 0.25) is 0 Å². The number of phenols is 1. The van der Waals surface area contributed by atoms with Gasteiger partial charge in [-0.05, 0) is 30.3 Å². The van der Waals surface area contributed by atoms with Crippen molar-refractivity contribution in [3.63, 3.8) is 0 Å². The second kappa shape index (κ2) is 4.88. The van der Waals surface area contributed by atoms with Crippen molar-refractivity contribution < 1.29 is 15.0 Å². The lowest BCUT2D eigenvalue weighted by Crippen LogP contribution is -1.97. The summed E-state index contributed by atoms with van der Waals surface area (Å²) in [7, 11) is 0. The third-order valence-electron chi connectivity index (χ3n) is 2.23. The average molecular weight is 249 g/mol. The van der Waals surface area contributed by atoms with Crippen molar-refractivity contribution in [2.75, 3.05) is 5.32 Å². The van der Waals surface area contributed by atoms with Crippen LogP contribution in [0.3, 0.4) is 0 Å². The van der Waals surface area contributed by atoms with Crippen molar-refractivity contribution in [3.8, 4) is 5.75 Å². The van der Waals surface area contributed by atoms with Crippen LogP contribution in [0.15, 0.2) is 35.7 Å². The Kier molecular flexibility index (Phi) is 3.30. The Morgan fingerprint density at radius 2 is 2.00 bits per heavy atom. The summed E-state index contributed by atoms with van der Waals surface area (Å²) >= 11 is 1.41. The summed E-state index contributed by atoms with van der Waals surface area (Å²) < 4.78 is 0. The zero-order chi connectivity index (χ0) is 12.3. The Morgan fingerprint density at radius 1 is 1.29 bits per heavy atom. The summed E-state index contributed by atoms with van der Waals surface area (Å²) in [6.45, 7) is 0.572. The van der Waals surface area contributed by atoms with Crippen LogP contribution >= 0.6 is 11.3 Å². The standard InChI is InChI=1S/C12H11NO3S/c14-10-3-1-9(2-4-10)13-6-11-5-8(7-17-11)12(15)16/h1-5,7,13-14H,6H2,(H,15,16). The Bertz CT molecular complexity index is 519. The molecule has 0 amide bonds. The number of carboxylic acid groups (broad SMARTS) is 1. The van der Waals surface area contributed by atoms with Gasteiger partial charge < -0.3 is 15.5 Å². The lowest BCUT2D eigenvalue weighted by Gasteiger charge is -2.04. The first-order valence-corrected chi connectivity index (χ1v) is 5.87. The number of phenolic OH excluding ortho intramolecular Hbond substituents is 1. The minimum Gasteiger partial charge on any atom is -0.508 e. The van der Waals surface area contributed by atoms with E-state index >= 15 is 0 Å². The van der Waals surface area contributed by atoms with Crippen LogP contribution < -0.4 is 5.32 Å². The largest absolute Gasteiger partial charge is 0.508 e. The Balaban J connectivity index is 1.97. The molecule has 2 aromatic rings. The third kappa shape index (κ3) is 2.98. The summed E-state index contributed by atoms with van der Waals surface area (Å²) in [6.07, 6.45) is 0. The first kappa shape index (κ1) is 11.5. The van der Waals surface area contributed by atoms with Crippen LogP contribution in [-0.4, -0.2) is 16.2 Å². The van der Waals surface area contributed by atoms with Crippen LogP contribution in [0.4, 0.5) is 5.69 Å². The first-order valence-electron chi connectivity index (χ1n) is 4.99. The van der Waals surface area contributed by atoms with E-state index < -0.39 is 5.97 Å². The predicted molar refractivity (Wildman–Crippen MR) is 66.7 cm³/mol. The Morgan fingerprint density at radius 3 is 2.59 bits per heavy atom. The number of benzene rings is 1. The van der Waals surface area contributed by atoms with Crippen LogP contribution in [0.25, 0.3) is 0 Å². The van der Waals surface area contributed by atoms with Gasteiger partial charge in [0.05, 0.1) is 5.56 Å². The maximum absolute atomic E-state index is 10.7. The average Bonchev–Trinajstić information content (AvgIpc) is 2.77. The van der Waals surface area contributed by atoms with E-state index in [4.69, 9.17) is 10.2 Å². The number of carboxylic acids is 1. The molecular formula is C12H11NO3S. The molecule has 1 aromatic heterocycles. The number of hydrogen-bond acceptors (Lipinski definition) is 4. The van der Waals surface area contributed by atoms with Gasteiger partial charge in [0.15, 0.2) is 0 Å². The Hall–Kier alpha value is -2.01. The summed E-state index contributed by atoms with van der Waals surface area (Å²) in [6, 6.07) is 8.38. The number of anilines is 1. The molecule has 0 aliphatic heterocycles. The molecule has 0 fully saturated rings. The molecule has 2 rings (SSSR count). The van der Waals surface area contributed by atoms with Crippen molar-refractivity contribution >= 4 is 23.0 Å². The molecule has 17 heavy (non-hydrogen) atoms. The topological polar surface area (TPSA) is 69.6 Å². The minimum atomic E-state index is -0.905. The van der Waals surface area contributed by atoms with Gasteiger partial charge in [-0.3, -0.25) is 0 Å². The summed E-state index contributed by atoms with van der Waals surface area (Å²) in [5.74, 6) is -0.683. The number of nitrogens with one attached hydrogen (secondary N) is 1. The monoisotopic (exact) mass is 249 g/mol. The molecule has 0 atom stereocenters. The van der Waals surface area contributed by atoms with E-state index in [-0.39, 0.29) is 5.75 Å². The first-order chi connectivity index (χ1) is 8.15. The zero-order valence-corrected chi connectivity index (χ0v) is 9.70. The van der Waals surface area contributed by atoms with Crippen LogP contribution in [0.1, 0.15) is 15.2 Å². The van der Waals surface area contributed by atoms with Gasteiger partial charge in [0.2, 0.25) is 0 Å². The van der Waals surface area contributed by atoms with Crippen molar-refractivity contribution in [3.05, 3.63) is 46.2 Å². The summed E-state index contributed by atoms with van der Waals surface area (Å²) in [5, 5.41) is 22.7. The van der Waals surface area contributed by atoms with Crippen LogP contribution in [0.5, 0.6) is 5.75 Å². The fourth-order valence-corrected chi connectivity index (χ4v) is 2.15. The second-order valence-electron chi connectivity index (χ2n) is 3.51. The highest BCUT2D eigenvalue weighted by atomic mass is 32.1. The van der Waals surface area contributed by atoms with E-state index in [2.05, 4.69) is 5.32 Å². The predicted octanol–water partition coefficient (Wildman–Crippen LogP) is 2.76. The number of thiophene rings is 1. The van der Waals surface area contributed by atoms with Gasteiger partial charge in [-0.15, -0.1) is 11.3 Å². The molecule has 0 radical (unpaired) electrons. The maximum Gasteiger partial charge on any atom is 0.336 e. The number of hydrogen-bond donors (Lipinski definition) is 3. The van der Waals surface area contributed by atoms with E-state index in [1.165, 1.54) is 11.3 Å². The SMILES string of the molecule is O=C(O)c1csc(CNc2ccc(O)cc2)c1. The number of aromatic carboxylic acids is 1. The van der Waals surface area contributed by atoms with E-state index in [1.807, 2.05) is 0 Å². The third-order valence-corrected chi connectivity index (χ3v) is 3.17. The van der Waals surface area contributed by atoms with Gasteiger partial charge in [-0.25, -0.2) is 4.79 Å². The maximum atomic E-state index is 10.7. The second-order valence-corrected chi connectivity index (χ2v) is 4.50. The molecule has 3 N–H and O–H groups in total. The number of carbonyl (C=O) groups is 1. The Labute approximate surface area is 102 Å². The van der Waals surface area contributed by atoms with E-state index in [0.717, 1.165) is 10.6 Å². The lowest BCUT2D eigenvalue weighted by molar-refractivity contribution is 0.0697.